The van der Waals surface area contributed by atoms with Crippen molar-refractivity contribution in [3.63, 3.8) is 0 Å². The van der Waals surface area contributed by atoms with Crippen LogP contribution in [-0.4, -0.2) is 42.0 Å². The maximum Gasteiger partial charge on any atom is 0.337 e. The fraction of sp³-hybridized carbons (Fsp3) is 0.429. The van der Waals surface area contributed by atoms with E-state index in [2.05, 4.69) is 5.32 Å². The molecule has 0 saturated carbocycles. The van der Waals surface area contributed by atoms with Gasteiger partial charge in [-0.05, 0) is 31.0 Å². The average Bonchev–Trinajstić information content (AvgIpc) is 2.47. The first-order valence-electron chi connectivity index (χ1n) is 6.59. The molecular weight excluding hydrogens is 314 g/mol. The topological polar surface area (TPSA) is 75.6 Å². The average molecular weight is 330 g/mol. The predicted molar refractivity (Wildman–Crippen MR) is 81.1 cm³/mol. The van der Waals surface area contributed by atoms with Gasteiger partial charge in [0, 0.05) is 24.2 Å². The highest BCUT2D eigenvalue weighted by atomic mass is 35.5. The molecule has 114 valence electrons. The second-order valence-electron chi connectivity index (χ2n) is 4.69. The quantitative estimate of drug-likeness (QED) is 0.811. The maximum absolute atomic E-state index is 11.9. The molecule has 0 atom stereocenters. The van der Waals surface area contributed by atoms with Crippen LogP contribution in [0.5, 0.6) is 0 Å². The lowest BCUT2D eigenvalue weighted by Crippen LogP contribution is -2.39. The zero-order chi connectivity index (χ0) is 15.2. The molecule has 1 aliphatic heterocycles. The fourth-order valence-electron chi connectivity index (χ4n) is 2.02. The minimum atomic E-state index is -1.07. The Morgan fingerprint density at radius 3 is 2.76 bits per heavy atom. The first-order valence-corrected chi connectivity index (χ1v) is 7.95. The molecule has 1 aromatic carbocycles. The van der Waals surface area contributed by atoms with Gasteiger partial charge in [0.05, 0.1) is 16.3 Å². The Morgan fingerprint density at radius 1 is 1.38 bits per heavy atom. The van der Waals surface area contributed by atoms with Crippen LogP contribution in [0.3, 0.4) is 0 Å². The molecule has 0 radical (unpaired) electrons. The van der Waals surface area contributed by atoms with Crippen LogP contribution in [0.4, 0.5) is 0 Å². The number of aromatic carboxylic acids is 1. The molecule has 0 bridgehead atoms. The SMILES string of the molecule is O=C(CSc1ccc(Cl)c(C(=O)O)c1)NC1CCOCC1. The summed E-state index contributed by atoms with van der Waals surface area (Å²) in [7, 11) is 0. The van der Waals surface area contributed by atoms with Gasteiger partial charge in [-0.1, -0.05) is 11.6 Å². The standard InChI is InChI=1S/C14H16ClNO4S/c15-12-2-1-10(7-11(12)14(18)19)21-8-13(17)16-9-3-5-20-6-4-9/h1-2,7,9H,3-6,8H2,(H,16,17)(H,18,19). The summed E-state index contributed by atoms with van der Waals surface area (Å²) >= 11 is 7.09. The van der Waals surface area contributed by atoms with E-state index >= 15 is 0 Å². The summed E-state index contributed by atoms with van der Waals surface area (Å²) in [6.07, 6.45) is 1.67. The largest absolute Gasteiger partial charge is 0.478 e. The molecule has 2 rings (SSSR count). The molecule has 21 heavy (non-hydrogen) atoms. The highest BCUT2D eigenvalue weighted by molar-refractivity contribution is 8.00. The van der Waals surface area contributed by atoms with Crippen LogP contribution >= 0.6 is 23.4 Å². The van der Waals surface area contributed by atoms with Gasteiger partial charge in [-0.3, -0.25) is 4.79 Å². The van der Waals surface area contributed by atoms with Crippen LogP contribution in [0.1, 0.15) is 23.2 Å². The number of halogens is 1. The number of hydrogen-bond donors (Lipinski definition) is 2. The minimum Gasteiger partial charge on any atom is -0.478 e. The van der Waals surface area contributed by atoms with E-state index in [0.717, 1.165) is 12.8 Å². The third-order valence-corrected chi connectivity index (χ3v) is 4.45. The smallest absolute Gasteiger partial charge is 0.337 e. The first-order chi connectivity index (χ1) is 10.1. The molecule has 1 heterocycles. The predicted octanol–water partition coefficient (Wildman–Crippen LogP) is 2.43. The van der Waals surface area contributed by atoms with Gasteiger partial charge < -0.3 is 15.2 Å². The van der Waals surface area contributed by atoms with Gasteiger partial charge in [-0.25, -0.2) is 4.79 Å². The van der Waals surface area contributed by atoms with Crippen LogP contribution in [0.15, 0.2) is 23.1 Å². The number of thioether (sulfide) groups is 1. The van der Waals surface area contributed by atoms with Gasteiger partial charge in [0.25, 0.3) is 0 Å². The van der Waals surface area contributed by atoms with Crippen molar-refractivity contribution >= 4 is 35.2 Å². The van der Waals surface area contributed by atoms with Crippen molar-refractivity contribution in [1.29, 1.82) is 0 Å². The van der Waals surface area contributed by atoms with Crippen molar-refractivity contribution in [1.82, 2.24) is 5.32 Å². The Balaban J connectivity index is 1.86. The Hall–Kier alpha value is -1.24. The Morgan fingerprint density at radius 2 is 2.10 bits per heavy atom. The molecule has 2 N–H and O–H groups in total. The van der Waals surface area contributed by atoms with E-state index in [-0.39, 0.29) is 28.3 Å². The molecule has 1 fully saturated rings. The van der Waals surface area contributed by atoms with Crippen molar-refractivity contribution in [3.05, 3.63) is 28.8 Å². The van der Waals surface area contributed by atoms with Crippen molar-refractivity contribution < 1.29 is 19.4 Å². The number of benzene rings is 1. The van der Waals surface area contributed by atoms with Crippen molar-refractivity contribution in [2.75, 3.05) is 19.0 Å². The van der Waals surface area contributed by atoms with E-state index in [1.165, 1.54) is 23.9 Å². The highest BCUT2D eigenvalue weighted by Gasteiger charge is 2.16. The second-order valence-corrected chi connectivity index (χ2v) is 6.15. The van der Waals surface area contributed by atoms with E-state index < -0.39 is 5.97 Å². The molecule has 0 aromatic heterocycles. The first kappa shape index (κ1) is 16.1. The number of carboxylic acid groups (broad SMARTS) is 1. The molecule has 1 amide bonds. The normalized spacial score (nSPS) is 15.7. The van der Waals surface area contributed by atoms with Crippen LogP contribution in [0, 0.1) is 0 Å². The lowest BCUT2D eigenvalue weighted by Gasteiger charge is -2.23. The van der Waals surface area contributed by atoms with Gasteiger partial charge >= 0.3 is 5.97 Å². The molecule has 1 aromatic rings. The van der Waals surface area contributed by atoms with E-state index in [4.69, 9.17) is 21.4 Å². The molecule has 0 aliphatic carbocycles. The number of carbonyl (C=O) groups is 2. The van der Waals surface area contributed by atoms with Crippen molar-refractivity contribution in [2.45, 2.75) is 23.8 Å². The van der Waals surface area contributed by atoms with Gasteiger partial charge in [0.1, 0.15) is 0 Å². The number of ether oxygens (including phenoxy) is 1. The number of nitrogens with one attached hydrogen (secondary N) is 1. The fourth-order valence-corrected chi connectivity index (χ4v) is 2.96. The number of rotatable bonds is 5. The highest BCUT2D eigenvalue weighted by Crippen LogP contribution is 2.24. The monoisotopic (exact) mass is 329 g/mol. The summed E-state index contributed by atoms with van der Waals surface area (Å²) in [5, 5.41) is 12.1. The third-order valence-electron chi connectivity index (χ3n) is 3.12. The Bertz CT molecular complexity index is 532. The minimum absolute atomic E-state index is 0.0477. The summed E-state index contributed by atoms with van der Waals surface area (Å²) in [6, 6.07) is 4.90. The Labute approximate surface area is 132 Å². The molecule has 0 spiro atoms. The number of carbonyl (C=O) groups excluding carboxylic acids is 1. The van der Waals surface area contributed by atoms with E-state index in [9.17, 15) is 9.59 Å². The third kappa shape index (κ3) is 4.91. The molecular formula is C14H16ClNO4S. The van der Waals surface area contributed by atoms with Gasteiger partial charge in [0.15, 0.2) is 0 Å². The summed E-state index contributed by atoms with van der Waals surface area (Å²) < 4.78 is 5.23. The van der Waals surface area contributed by atoms with E-state index in [0.29, 0.717) is 18.1 Å². The van der Waals surface area contributed by atoms with Gasteiger partial charge in [-0.2, -0.15) is 0 Å². The summed E-state index contributed by atoms with van der Waals surface area (Å²) in [4.78, 5) is 23.6. The van der Waals surface area contributed by atoms with Crippen LogP contribution in [0.25, 0.3) is 0 Å². The summed E-state index contributed by atoms with van der Waals surface area (Å²) in [5.41, 5.74) is 0.0477. The van der Waals surface area contributed by atoms with Crippen LogP contribution < -0.4 is 5.32 Å². The van der Waals surface area contributed by atoms with Crippen molar-refractivity contribution in [3.8, 4) is 0 Å². The van der Waals surface area contributed by atoms with Crippen molar-refractivity contribution in [2.24, 2.45) is 0 Å². The molecule has 5 nitrogen and oxygen atoms in total. The van der Waals surface area contributed by atoms with E-state index in [1.54, 1.807) is 6.07 Å². The summed E-state index contributed by atoms with van der Waals surface area (Å²) in [5.74, 6) is -0.884. The number of hydrogen-bond acceptors (Lipinski definition) is 4. The van der Waals surface area contributed by atoms with Gasteiger partial charge in [0.2, 0.25) is 5.91 Å². The zero-order valence-electron chi connectivity index (χ0n) is 11.3. The van der Waals surface area contributed by atoms with E-state index in [1.807, 2.05) is 0 Å². The lowest BCUT2D eigenvalue weighted by atomic mass is 10.1. The second kappa shape index (κ2) is 7.68. The van der Waals surface area contributed by atoms with Gasteiger partial charge in [-0.15, -0.1) is 11.8 Å². The van der Waals surface area contributed by atoms with Crippen LogP contribution in [0.2, 0.25) is 5.02 Å². The Kier molecular flexibility index (Phi) is 5.90. The molecule has 1 saturated heterocycles. The zero-order valence-corrected chi connectivity index (χ0v) is 12.9. The summed E-state index contributed by atoms with van der Waals surface area (Å²) in [6.45, 7) is 1.36. The maximum atomic E-state index is 11.9. The lowest BCUT2D eigenvalue weighted by molar-refractivity contribution is -0.119. The molecule has 1 aliphatic rings. The number of amides is 1. The number of carboxylic acids is 1. The molecule has 0 unspecified atom stereocenters. The molecule has 7 heteroatoms. The van der Waals surface area contributed by atoms with Crippen LogP contribution in [-0.2, 0) is 9.53 Å².